The summed E-state index contributed by atoms with van der Waals surface area (Å²) in [5.41, 5.74) is -0.461. The van der Waals surface area contributed by atoms with Crippen LogP contribution in [0.15, 0.2) is 6.20 Å². The average molecular weight is 326 g/mol. The molecule has 2 rings (SSSR count). The van der Waals surface area contributed by atoms with Gasteiger partial charge in [0.05, 0.1) is 6.04 Å². The van der Waals surface area contributed by atoms with Crippen LogP contribution in [0.25, 0.3) is 0 Å². The third-order valence-corrected chi connectivity index (χ3v) is 4.26. The van der Waals surface area contributed by atoms with Crippen LogP contribution in [-0.2, 0) is 11.3 Å². The number of carbonyl (C=O) groups excluding carboxylic acids is 1. The molecule has 7 heteroatoms. The summed E-state index contributed by atoms with van der Waals surface area (Å²) in [4.78, 5) is 21.8. The van der Waals surface area contributed by atoms with Gasteiger partial charge in [0.2, 0.25) is 0 Å². The van der Waals surface area contributed by atoms with E-state index in [2.05, 4.69) is 15.2 Å². The van der Waals surface area contributed by atoms with E-state index in [0.717, 1.165) is 18.1 Å². The van der Waals surface area contributed by atoms with Crippen molar-refractivity contribution in [2.24, 2.45) is 0 Å². The van der Waals surface area contributed by atoms with Gasteiger partial charge in [0.15, 0.2) is 0 Å². The number of nitrogens with zero attached hydrogens (tertiary/aromatic N) is 3. The average Bonchev–Trinajstić information content (AvgIpc) is 2.84. The lowest BCUT2D eigenvalue weighted by Crippen LogP contribution is -2.49. The number of rotatable bonds is 3. The SMILES string of the molecule is CN(C)Cc1cnc(C2CN(C(=O)OC(C)(C)C)CCN2)s1. The molecule has 22 heavy (non-hydrogen) atoms. The van der Waals surface area contributed by atoms with Crippen LogP contribution in [0.2, 0.25) is 0 Å². The summed E-state index contributed by atoms with van der Waals surface area (Å²) in [6.45, 7) is 8.58. The minimum atomic E-state index is -0.461. The second-order valence-corrected chi connectivity index (χ2v) is 7.98. The molecule has 1 fully saturated rings. The van der Waals surface area contributed by atoms with E-state index in [9.17, 15) is 4.79 Å². The molecule has 0 saturated carbocycles. The first-order valence-corrected chi connectivity index (χ1v) is 8.37. The molecule has 2 heterocycles. The van der Waals surface area contributed by atoms with Crippen LogP contribution in [0.3, 0.4) is 0 Å². The van der Waals surface area contributed by atoms with Crippen LogP contribution in [0.1, 0.15) is 36.7 Å². The Balaban J connectivity index is 1.98. The molecule has 1 N–H and O–H groups in total. The van der Waals surface area contributed by atoms with Crippen molar-refractivity contribution < 1.29 is 9.53 Å². The van der Waals surface area contributed by atoms with Crippen LogP contribution in [-0.4, -0.2) is 60.2 Å². The maximum atomic E-state index is 12.2. The highest BCUT2D eigenvalue weighted by atomic mass is 32.1. The van der Waals surface area contributed by atoms with Crippen molar-refractivity contribution in [3.63, 3.8) is 0 Å². The van der Waals surface area contributed by atoms with Crippen LogP contribution in [0.5, 0.6) is 0 Å². The van der Waals surface area contributed by atoms with E-state index in [1.54, 1.807) is 16.2 Å². The van der Waals surface area contributed by atoms with Crippen LogP contribution >= 0.6 is 11.3 Å². The van der Waals surface area contributed by atoms with Crippen molar-refractivity contribution in [2.45, 2.75) is 39.0 Å². The number of nitrogens with one attached hydrogen (secondary N) is 1. The number of ether oxygens (including phenoxy) is 1. The highest BCUT2D eigenvalue weighted by Crippen LogP contribution is 2.24. The molecule has 1 aliphatic rings. The first-order chi connectivity index (χ1) is 10.2. The second kappa shape index (κ2) is 6.93. The molecule has 1 saturated heterocycles. The Morgan fingerprint density at radius 1 is 1.55 bits per heavy atom. The quantitative estimate of drug-likeness (QED) is 0.922. The minimum Gasteiger partial charge on any atom is -0.444 e. The highest BCUT2D eigenvalue weighted by molar-refractivity contribution is 7.11. The summed E-state index contributed by atoms with van der Waals surface area (Å²) in [7, 11) is 4.09. The zero-order chi connectivity index (χ0) is 16.3. The fraction of sp³-hybridized carbons (Fsp3) is 0.733. The third kappa shape index (κ3) is 4.93. The van der Waals surface area contributed by atoms with Crippen molar-refractivity contribution in [2.75, 3.05) is 33.7 Å². The van der Waals surface area contributed by atoms with E-state index in [1.165, 1.54) is 4.88 Å². The first-order valence-electron chi connectivity index (χ1n) is 7.55. The molecule has 1 amide bonds. The lowest BCUT2D eigenvalue weighted by molar-refractivity contribution is 0.0195. The first kappa shape index (κ1) is 17.2. The van der Waals surface area contributed by atoms with Gasteiger partial charge in [-0.05, 0) is 34.9 Å². The van der Waals surface area contributed by atoms with Gasteiger partial charge < -0.3 is 19.9 Å². The number of amides is 1. The van der Waals surface area contributed by atoms with Gasteiger partial charge in [-0.25, -0.2) is 9.78 Å². The van der Waals surface area contributed by atoms with E-state index < -0.39 is 5.60 Å². The summed E-state index contributed by atoms with van der Waals surface area (Å²) in [6, 6.07) is 0.0854. The predicted molar refractivity (Wildman–Crippen MR) is 88.1 cm³/mol. The minimum absolute atomic E-state index is 0.0854. The van der Waals surface area contributed by atoms with Crippen LogP contribution < -0.4 is 5.32 Å². The summed E-state index contributed by atoms with van der Waals surface area (Å²) < 4.78 is 5.45. The number of carbonyl (C=O) groups is 1. The fourth-order valence-electron chi connectivity index (χ4n) is 2.28. The van der Waals surface area contributed by atoms with Gasteiger partial charge in [0.1, 0.15) is 10.6 Å². The van der Waals surface area contributed by atoms with E-state index in [-0.39, 0.29) is 12.1 Å². The van der Waals surface area contributed by atoms with Crippen LogP contribution in [0, 0.1) is 0 Å². The molecule has 1 aromatic rings. The maximum absolute atomic E-state index is 12.2. The lowest BCUT2D eigenvalue weighted by Gasteiger charge is -2.34. The van der Waals surface area contributed by atoms with Gasteiger partial charge in [-0.1, -0.05) is 0 Å². The number of piperazine rings is 1. The van der Waals surface area contributed by atoms with Gasteiger partial charge in [-0.2, -0.15) is 0 Å². The van der Waals surface area contributed by atoms with E-state index >= 15 is 0 Å². The topological polar surface area (TPSA) is 57.7 Å². The summed E-state index contributed by atoms with van der Waals surface area (Å²) in [6.07, 6.45) is 1.68. The monoisotopic (exact) mass is 326 g/mol. The predicted octanol–water partition coefficient (Wildman–Crippen LogP) is 2.09. The Labute approximate surface area is 136 Å². The molecule has 0 bridgehead atoms. The highest BCUT2D eigenvalue weighted by Gasteiger charge is 2.29. The van der Waals surface area contributed by atoms with Crippen molar-refractivity contribution in [3.8, 4) is 0 Å². The zero-order valence-corrected chi connectivity index (χ0v) is 14.9. The van der Waals surface area contributed by atoms with Crippen molar-refractivity contribution in [3.05, 3.63) is 16.1 Å². The number of thiazole rings is 1. The molecule has 1 aliphatic heterocycles. The standard InChI is InChI=1S/C15H26N4O2S/c1-15(2,3)21-14(20)19-7-6-16-12(10-19)13-17-8-11(22-13)9-18(4)5/h8,12,16H,6-7,9-10H2,1-5H3. The molecular formula is C15H26N4O2S. The number of hydrogen-bond acceptors (Lipinski definition) is 6. The second-order valence-electron chi connectivity index (χ2n) is 6.84. The van der Waals surface area contributed by atoms with E-state index in [0.29, 0.717) is 13.1 Å². The molecule has 1 atom stereocenters. The normalized spacial score (nSPS) is 19.5. The van der Waals surface area contributed by atoms with Gasteiger partial charge in [0.25, 0.3) is 0 Å². The zero-order valence-electron chi connectivity index (χ0n) is 14.0. The summed E-state index contributed by atoms with van der Waals surface area (Å²) in [5, 5.41) is 4.47. The third-order valence-electron chi connectivity index (χ3n) is 3.17. The molecular weight excluding hydrogens is 300 g/mol. The van der Waals surface area contributed by atoms with Gasteiger partial charge in [0, 0.05) is 37.3 Å². The largest absolute Gasteiger partial charge is 0.444 e. The smallest absolute Gasteiger partial charge is 0.410 e. The Morgan fingerprint density at radius 3 is 2.91 bits per heavy atom. The molecule has 124 valence electrons. The Hall–Kier alpha value is -1.18. The molecule has 0 spiro atoms. The molecule has 1 aromatic heterocycles. The van der Waals surface area contributed by atoms with Gasteiger partial charge >= 0.3 is 6.09 Å². The maximum Gasteiger partial charge on any atom is 0.410 e. The molecule has 0 aromatic carbocycles. The van der Waals surface area contributed by atoms with Crippen molar-refractivity contribution in [1.29, 1.82) is 0 Å². The Kier molecular flexibility index (Phi) is 5.41. The van der Waals surface area contributed by atoms with Crippen LogP contribution in [0.4, 0.5) is 4.79 Å². The number of aromatic nitrogens is 1. The van der Waals surface area contributed by atoms with Crippen molar-refractivity contribution in [1.82, 2.24) is 20.1 Å². The van der Waals surface area contributed by atoms with Gasteiger partial charge in [-0.3, -0.25) is 0 Å². The Bertz CT molecular complexity index is 510. The molecule has 1 unspecified atom stereocenters. The lowest BCUT2D eigenvalue weighted by atomic mass is 10.2. The van der Waals surface area contributed by atoms with Gasteiger partial charge in [-0.15, -0.1) is 11.3 Å². The van der Waals surface area contributed by atoms with E-state index in [1.807, 2.05) is 41.1 Å². The molecule has 0 radical (unpaired) electrons. The fourth-order valence-corrected chi connectivity index (χ4v) is 3.38. The molecule has 0 aliphatic carbocycles. The summed E-state index contributed by atoms with van der Waals surface area (Å²) in [5.74, 6) is 0. The Morgan fingerprint density at radius 2 is 2.27 bits per heavy atom. The van der Waals surface area contributed by atoms with Crippen molar-refractivity contribution >= 4 is 17.4 Å². The number of hydrogen-bond donors (Lipinski definition) is 1. The molecule has 6 nitrogen and oxygen atoms in total. The summed E-state index contributed by atoms with van der Waals surface area (Å²) >= 11 is 1.70. The van der Waals surface area contributed by atoms with E-state index in [4.69, 9.17) is 4.74 Å².